The molecule has 2 radical (unpaired) electrons. The monoisotopic (exact) mass is 788 g/mol. The summed E-state index contributed by atoms with van der Waals surface area (Å²) in [6.07, 6.45) is 2.38. The van der Waals surface area contributed by atoms with Crippen molar-refractivity contribution in [3.05, 3.63) is 130 Å². The first kappa shape index (κ1) is 37.6. The van der Waals surface area contributed by atoms with E-state index in [2.05, 4.69) is 166 Å². The molecule has 0 bridgehead atoms. The van der Waals surface area contributed by atoms with Crippen LogP contribution in [-0.4, -0.2) is 9.52 Å². The van der Waals surface area contributed by atoms with Crippen LogP contribution in [0.5, 0.6) is 0 Å². The van der Waals surface area contributed by atoms with Crippen LogP contribution in [0.15, 0.2) is 97.1 Å². The summed E-state index contributed by atoms with van der Waals surface area (Å²) in [6.45, 7) is 22.3. The number of benzene rings is 4. The fourth-order valence-electron chi connectivity index (χ4n) is 6.11. The van der Waals surface area contributed by atoms with Crippen LogP contribution in [0.1, 0.15) is 85.8 Å². The molecule has 0 saturated carbocycles. The van der Waals surface area contributed by atoms with E-state index >= 15 is 0 Å². The van der Waals surface area contributed by atoms with Crippen LogP contribution in [0.25, 0.3) is 43.8 Å². The van der Waals surface area contributed by atoms with Gasteiger partial charge in [-0.05, 0) is 72.9 Å². The van der Waals surface area contributed by atoms with Gasteiger partial charge in [0.1, 0.15) is 0 Å². The van der Waals surface area contributed by atoms with E-state index < -0.39 is 0 Å². The predicted octanol–water partition coefficient (Wildman–Crippen LogP) is 13.5. The summed E-state index contributed by atoms with van der Waals surface area (Å²) < 4.78 is 0. The third-order valence-electron chi connectivity index (χ3n) is 9.70. The van der Waals surface area contributed by atoms with Crippen LogP contribution >= 0.6 is 0 Å². The summed E-state index contributed by atoms with van der Waals surface area (Å²) in [7, 11) is 1.08. The Kier molecular flexibility index (Phi) is 14.2. The Hall–Kier alpha value is -2.81. The molecule has 2 atom stereocenters. The quantitative estimate of drug-likeness (QED) is 0.117. The van der Waals surface area contributed by atoms with Gasteiger partial charge in [0.15, 0.2) is 0 Å². The summed E-state index contributed by atoms with van der Waals surface area (Å²) in [5, 5.41) is 5.51. The van der Waals surface area contributed by atoms with Gasteiger partial charge < -0.3 is 0 Å². The van der Waals surface area contributed by atoms with Gasteiger partial charge in [-0.2, -0.15) is 12.1 Å². The first-order chi connectivity index (χ1) is 21.6. The van der Waals surface area contributed by atoms with Gasteiger partial charge in [-0.1, -0.05) is 113 Å². The molecule has 2 heteroatoms. The van der Waals surface area contributed by atoms with Gasteiger partial charge >= 0.3 is 0 Å². The maximum atomic E-state index is 2.39. The van der Waals surface area contributed by atoms with Gasteiger partial charge in [0.2, 0.25) is 0 Å². The van der Waals surface area contributed by atoms with Crippen molar-refractivity contribution in [2.24, 2.45) is 0 Å². The van der Waals surface area contributed by atoms with Gasteiger partial charge in [0.25, 0.3) is 0 Å². The summed E-state index contributed by atoms with van der Waals surface area (Å²) in [6, 6.07) is 36.0. The van der Waals surface area contributed by atoms with Crippen molar-refractivity contribution in [1.29, 1.82) is 0 Å². The van der Waals surface area contributed by atoms with E-state index in [1.165, 1.54) is 90.0 Å². The Labute approximate surface area is 301 Å². The third-order valence-corrected chi connectivity index (χ3v) is 9.70. The van der Waals surface area contributed by atoms with Crippen molar-refractivity contribution in [3.63, 3.8) is 0 Å². The molecule has 0 heterocycles. The number of hydrogen-bond acceptors (Lipinski definition) is 0. The zero-order valence-corrected chi connectivity index (χ0v) is 34.4. The van der Waals surface area contributed by atoms with Crippen LogP contribution < -0.4 is 0 Å². The van der Waals surface area contributed by atoms with Crippen LogP contribution in [0.4, 0.5) is 0 Å². The van der Waals surface area contributed by atoms with Crippen molar-refractivity contribution in [3.8, 4) is 22.3 Å². The Morgan fingerprint density at radius 1 is 0.543 bits per heavy atom. The van der Waals surface area contributed by atoms with Crippen molar-refractivity contribution < 1.29 is 25.8 Å². The second-order valence-corrected chi connectivity index (χ2v) is 13.8. The van der Waals surface area contributed by atoms with E-state index in [0.717, 1.165) is 9.52 Å². The van der Waals surface area contributed by atoms with Crippen molar-refractivity contribution >= 4 is 31.1 Å². The van der Waals surface area contributed by atoms with E-state index in [1.807, 2.05) is 0 Å². The first-order valence-electron chi connectivity index (χ1n) is 16.7. The van der Waals surface area contributed by atoms with Crippen molar-refractivity contribution in [1.82, 2.24) is 0 Å². The van der Waals surface area contributed by atoms with E-state index in [-0.39, 0.29) is 25.8 Å². The standard InChI is InChI=1S/2C21H23.C2H6Si.Hf/c2*1-5-14(2)18-12-17-9-7-11-20(21(17)13-18)19-10-6-8-15(3)16(19)4;1-3-2;/h2*6-14H,5H2,1-4H3;1-2H3;/q2*-1;;. The molecule has 46 heavy (non-hydrogen) atoms. The average Bonchev–Trinajstić information content (AvgIpc) is 3.69. The maximum absolute atomic E-state index is 2.39. The summed E-state index contributed by atoms with van der Waals surface area (Å²) in [5.74, 6) is 1.26. The largest absolute Gasteiger partial charge is 0.164 e. The summed E-state index contributed by atoms with van der Waals surface area (Å²) in [5.41, 5.74) is 13.9. The minimum Gasteiger partial charge on any atom is -0.164 e. The van der Waals surface area contributed by atoms with Gasteiger partial charge in [-0.25, -0.2) is 0 Å². The van der Waals surface area contributed by atoms with Crippen molar-refractivity contribution in [2.75, 3.05) is 0 Å². The molecule has 6 aromatic rings. The average molecular weight is 787 g/mol. The molecule has 0 fully saturated rings. The van der Waals surface area contributed by atoms with Gasteiger partial charge in [-0.15, -0.1) is 69.1 Å². The molecular formula is C44H52HfSi-2. The number of fused-ring (bicyclic) bond motifs is 2. The normalized spacial score (nSPS) is 12.0. The minimum atomic E-state index is 0. The molecule has 238 valence electrons. The molecule has 0 N–H and O–H groups in total. The molecule has 0 nitrogen and oxygen atoms in total. The molecule has 0 aliphatic rings. The molecule has 6 rings (SSSR count). The minimum absolute atomic E-state index is 0. The summed E-state index contributed by atoms with van der Waals surface area (Å²) >= 11 is 0. The van der Waals surface area contributed by atoms with E-state index in [0.29, 0.717) is 11.8 Å². The molecule has 2 unspecified atom stereocenters. The van der Waals surface area contributed by atoms with Crippen LogP contribution in [-0.2, 0) is 25.8 Å². The molecule has 0 aromatic heterocycles. The molecule has 0 aliphatic carbocycles. The van der Waals surface area contributed by atoms with E-state index in [1.54, 1.807) is 0 Å². The predicted molar refractivity (Wildman–Crippen MR) is 204 cm³/mol. The van der Waals surface area contributed by atoms with Crippen molar-refractivity contribution in [2.45, 2.75) is 93.2 Å². The van der Waals surface area contributed by atoms with E-state index in [4.69, 9.17) is 0 Å². The van der Waals surface area contributed by atoms with Crippen LogP contribution in [0.3, 0.4) is 0 Å². The smallest absolute Gasteiger partial charge is 0.0307 e. The van der Waals surface area contributed by atoms with Crippen LogP contribution in [0.2, 0.25) is 13.1 Å². The third kappa shape index (κ3) is 8.36. The van der Waals surface area contributed by atoms with Gasteiger partial charge in [0.05, 0.1) is 0 Å². The number of rotatable bonds is 6. The van der Waals surface area contributed by atoms with E-state index in [9.17, 15) is 0 Å². The molecule has 0 saturated heterocycles. The Bertz CT molecular complexity index is 1710. The van der Waals surface area contributed by atoms with Gasteiger partial charge in [0, 0.05) is 35.4 Å². The fraction of sp³-hybridized carbons (Fsp3) is 0.318. The molecule has 0 spiro atoms. The molecule has 0 aliphatic heterocycles. The molecule has 6 aromatic carbocycles. The SMILES string of the molecule is CCC(C)c1cc2c(-c3cccc(C)c3C)cccc2[cH-]1.CCC(C)c1cc2c(-c3cccc(C)c3C)cccc2[cH-]1.C[Si]C.[Hf]. The maximum Gasteiger partial charge on any atom is 0.0307 e. The second-order valence-electron chi connectivity index (χ2n) is 12.8. The van der Waals surface area contributed by atoms with Gasteiger partial charge in [-0.3, -0.25) is 0 Å². The first-order valence-corrected chi connectivity index (χ1v) is 18.7. The zero-order valence-electron chi connectivity index (χ0n) is 29.8. The second kappa shape index (κ2) is 17.4. The Balaban J connectivity index is 0.000000226. The molecule has 0 amide bonds. The zero-order chi connectivity index (χ0) is 32.7. The molecular weight excluding hydrogens is 735 g/mol. The Morgan fingerprint density at radius 3 is 1.22 bits per heavy atom. The number of hydrogen-bond donors (Lipinski definition) is 0. The fourth-order valence-corrected chi connectivity index (χ4v) is 6.11. The Morgan fingerprint density at radius 2 is 0.870 bits per heavy atom. The topological polar surface area (TPSA) is 0 Å². The summed E-state index contributed by atoms with van der Waals surface area (Å²) in [4.78, 5) is 0. The number of aryl methyl sites for hydroxylation is 2. The van der Waals surface area contributed by atoms with Crippen LogP contribution in [0, 0.1) is 27.7 Å².